The number of imidazole rings is 1. The number of hydrogen-bond donors (Lipinski definition) is 1. The van der Waals surface area contributed by atoms with Crippen LogP contribution in [0, 0.1) is 0 Å². The molecule has 0 unspecified atom stereocenters. The van der Waals surface area contributed by atoms with Gasteiger partial charge in [-0.15, -0.1) is 0 Å². The van der Waals surface area contributed by atoms with Crippen molar-refractivity contribution >= 4 is 5.91 Å². The first-order valence-corrected chi connectivity index (χ1v) is 8.88. The van der Waals surface area contributed by atoms with E-state index in [0.29, 0.717) is 0 Å². The van der Waals surface area contributed by atoms with Crippen LogP contribution in [-0.2, 0) is 24.3 Å². The summed E-state index contributed by atoms with van der Waals surface area (Å²) in [5.41, 5.74) is 1.28. The van der Waals surface area contributed by atoms with Crippen LogP contribution < -0.4 is 5.32 Å². The minimum absolute atomic E-state index is 0.00869. The molecule has 0 radical (unpaired) electrons. The molecule has 1 N–H and O–H groups in total. The summed E-state index contributed by atoms with van der Waals surface area (Å²) < 4.78 is 2.16. The number of aryl methyl sites for hydroxylation is 1. The summed E-state index contributed by atoms with van der Waals surface area (Å²) in [5.74, 6) is 1.32. The van der Waals surface area contributed by atoms with E-state index < -0.39 is 0 Å². The van der Waals surface area contributed by atoms with Gasteiger partial charge in [0.15, 0.2) is 0 Å². The number of nitrogens with zero attached hydrogens (tertiary/aromatic N) is 3. The fraction of sp³-hybridized carbons (Fsp3) is 0.474. The van der Waals surface area contributed by atoms with E-state index >= 15 is 0 Å². The fourth-order valence-corrected chi connectivity index (χ4v) is 3.91. The first kappa shape index (κ1) is 15.4. The highest BCUT2D eigenvalue weighted by molar-refractivity contribution is 5.82. The summed E-state index contributed by atoms with van der Waals surface area (Å²) in [6.07, 6.45) is 7.83. The maximum absolute atomic E-state index is 12.8. The summed E-state index contributed by atoms with van der Waals surface area (Å²) >= 11 is 0. The lowest BCUT2D eigenvalue weighted by atomic mass is 10.1. The zero-order chi connectivity index (χ0) is 16.4. The average Bonchev–Trinajstić information content (AvgIpc) is 3.24. The van der Waals surface area contributed by atoms with Gasteiger partial charge in [0.2, 0.25) is 5.91 Å². The highest BCUT2D eigenvalue weighted by atomic mass is 16.2. The first-order chi connectivity index (χ1) is 11.8. The molecule has 1 aromatic carbocycles. The monoisotopic (exact) mass is 324 g/mol. The molecule has 5 nitrogen and oxygen atoms in total. The van der Waals surface area contributed by atoms with Gasteiger partial charge in [-0.25, -0.2) is 4.98 Å². The third-order valence-corrected chi connectivity index (χ3v) is 5.18. The van der Waals surface area contributed by atoms with Crippen molar-refractivity contribution in [2.24, 2.45) is 0 Å². The number of hydrogen-bond acceptors (Lipinski definition) is 3. The highest BCUT2D eigenvalue weighted by Gasteiger charge is 2.32. The highest BCUT2D eigenvalue weighted by Crippen LogP contribution is 2.21. The normalized spacial score (nSPS) is 23.8. The van der Waals surface area contributed by atoms with Crippen LogP contribution in [0.5, 0.6) is 0 Å². The predicted octanol–water partition coefficient (Wildman–Crippen LogP) is 1.98. The maximum atomic E-state index is 12.8. The second-order valence-corrected chi connectivity index (χ2v) is 6.85. The molecule has 0 bridgehead atoms. The molecule has 2 aromatic rings. The van der Waals surface area contributed by atoms with E-state index in [1.165, 1.54) is 5.56 Å². The van der Waals surface area contributed by atoms with Gasteiger partial charge in [0.1, 0.15) is 5.82 Å². The molecule has 2 aliphatic rings. The summed E-state index contributed by atoms with van der Waals surface area (Å²) in [4.78, 5) is 19.5. The fourth-order valence-electron chi connectivity index (χ4n) is 3.91. The largest absolute Gasteiger partial charge is 0.350 e. The van der Waals surface area contributed by atoms with Gasteiger partial charge in [-0.2, -0.15) is 0 Å². The summed E-state index contributed by atoms with van der Waals surface area (Å²) in [6, 6.07) is 10.7. The van der Waals surface area contributed by atoms with Gasteiger partial charge in [-0.05, 0) is 31.4 Å². The van der Waals surface area contributed by atoms with Gasteiger partial charge in [0.25, 0.3) is 0 Å². The number of nitrogens with one attached hydrogen (secondary N) is 1. The molecule has 1 amide bonds. The van der Waals surface area contributed by atoms with Crippen LogP contribution in [0.2, 0.25) is 0 Å². The molecule has 1 saturated heterocycles. The Bertz CT molecular complexity index is 696. The van der Waals surface area contributed by atoms with Gasteiger partial charge in [-0.3, -0.25) is 9.69 Å². The predicted molar refractivity (Wildman–Crippen MR) is 92.4 cm³/mol. The zero-order valence-electron chi connectivity index (χ0n) is 13.9. The van der Waals surface area contributed by atoms with Crippen LogP contribution in [0.3, 0.4) is 0 Å². The number of amides is 1. The smallest absolute Gasteiger partial charge is 0.237 e. The molecule has 2 atom stereocenters. The van der Waals surface area contributed by atoms with Crippen LogP contribution in [0.1, 0.15) is 30.7 Å². The molecule has 24 heavy (non-hydrogen) atoms. The molecule has 1 fully saturated rings. The van der Waals surface area contributed by atoms with Crippen LogP contribution >= 0.6 is 0 Å². The molecule has 126 valence electrons. The van der Waals surface area contributed by atoms with Crippen molar-refractivity contribution in [1.82, 2.24) is 19.8 Å². The lowest BCUT2D eigenvalue weighted by molar-refractivity contribution is -0.126. The van der Waals surface area contributed by atoms with Crippen LogP contribution in [0.15, 0.2) is 42.7 Å². The van der Waals surface area contributed by atoms with Crippen molar-refractivity contribution in [3.8, 4) is 0 Å². The Balaban J connectivity index is 1.37. The van der Waals surface area contributed by atoms with Crippen LogP contribution in [0.25, 0.3) is 0 Å². The number of likely N-dealkylation sites (tertiary alicyclic amines) is 1. The van der Waals surface area contributed by atoms with Gasteiger partial charge < -0.3 is 9.88 Å². The Kier molecular flexibility index (Phi) is 4.34. The van der Waals surface area contributed by atoms with Gasteiger partial charge in [0.05, 0.1) is 6.04 Å². The van der Waals surface area contributed by atoms with Gasteiger partial charge in [0, 0.05) is 37.9 Å². The van der Waals surface area contributed by atoms with E-state index in [0.717, 1.165) is 51.1 Å². The molecule has 1 aromatic heterocycles. The molecule has 5 heteroatoms. The lowest BCUT2D eigenvalue weighted by Gasteiger charge is -2.29. The summed E-state index contributed by atoms with van der Waals surface area (Å²) in [7, 11) is 0. The van der Waals surface area contributed by atoms with Crippen molar-refractivity contribution in [2.75, 3.05) is 6.54 Å². The number of carbonyl (C=O) groups excluding carboxylic acids is 1. The quantitative estimate of drug-likeness (QED) is 0.935. The minimum Gasteiger partial charge on any atom is -0.350 e. The number of aromatic nitrogens is 2. The number of carbonyl (C=O) groups is 1. The third kappa shape index (κ3) is 3.22. The van der Waals surface area contributed by atoms with Gasteiger partial charge in [-0.1, -0.05) is 30.3 Å². The van der Waals surface area contributed by atoms with E-state index in [4.69, 9.17) is 0 Å². The molecular formula is C19H24N4O. The van der Waals surface area contributed by atoms with Crippen molar-refractivity contribution < 1.29 is 4.79 Å². The van der Waals surface area contributed by atoms with E-state index in [1.54, 1.807) is 0 Å². The molecular weight excluding hydrogens is 300 g/mol. The number of benzene rings is 1. The van der Waals surface area contributed by atoms with Crippen molar-refractivity contribution in [3.63, 3.8) is 0 Å². The Morgan fingerprint density at radius 1 is 1.25 bits per heavy atom. The SMILES string of the molecule is O=C(N[C@H]1CCc2nccn2C1)[C@@H]1CCCN1Cc1ccccc1. The van der Waals surface area contributed by atoms with Crippen LogP contribution in [0.4, 0.5) is 0 Å². The summed E-state index contributed by atoms with van der Waals surface area (Å²) in [6.45, 7) is 2.70. The van der Waals surface area contributed by atoms with Gasteiger partial charge >= 0.3 is 0 Å². The van der Waals surface area contributed by atoms with E-state index in [1.807, 2.05) is 18.5 Å². The van der Waals surface area contributed by atoms with Crippen molar-refractivity contribution in [2.45, 2.75) is 50.9 Å². The standard InChI is InChI=1S/C19H24N4O/c24-19(21-16-8-9-18-20-10-12-23(18)14-16)17-7-4-11-22(17)13-15-5-2-1-3-6-15/h1-3,5-6,10,12,16-17H,4,7-9,11,13-14H2,(H,21,24)/t16-,17-/m0/s1. The minimum atomic E-state index is 0.00869. The van der Waals surface area contributed by atoms with Crippen molar-refractivity contribution in [3.05, 3.63) is 54.1 Å². The molecule has 0 aliphatic carbocycles. The maximum Gasteiger partial charge on any atom is 0.237 e. The number of rotatable bonds is 4. The Morgan fingerprint density at radius 2 is 2.12 bits per heavy atom. The Hall–Kier alpha value is -2.14. The van der Waals surface area contributed by atoms with Crippen LogP contribution in [-0.4, -0.2) is 39.0 Å². The number of fused-ring (bicyclic) bond motifs is 1. The summed E-state index contributed by atoms with van der Waals surface area (Å²) in [5, 5.41) is 3.28. The molecule has 0 saturated carbocycles. The second-order valence-electron chi connectivity index (χ2n) is 6.85. The molecule has 4 rings (SSSR count). The third-order valence-electron chi connectivity index (χ3n) is 5.18. The Labute approximate surface area is 142 Å². The molecule has 2 aliphatic heterocycles. The first-order valence-electron chi connectivity index (χ1n) is 8.88. The average molecular weight is 324 g/mol. The van der Waals surface area contributed by atoms with E-state index in [-0.39, 0.29) is 18.0 Å². The van der Waals surface area contributed by atoms with E-state index in [2.05, 4.69) is 44.0 Å². The zero-order valence-corrected chi connectivity index (χ0v) is 13.9. The van der Waals surface area contributed by atoms with Crippen molar-refractivity contribution in [1.29, 1.82) is 0 Å². The molecule has 0 spiro atoms. The van der Waals surface area contributed by atoms with E-state index in [9.17, 15) is 4.79 Å². The lowest BCUT2D eigenvalue weighted by Crippen LogP contribution is -2.49. The topological polar surface area (TPSA) is 50.2 Å². The molecule has 3 heterocycles. The Morgan fingerprint density at radius 3 is 3.00 bits per heavy atom. The second kappa shape index (κ2) is 6.77.